The van der Waals surface area contributed by atoms with E-state index in [4.69, 9.17) is 10.5 Å². The maximum absolute atomic E-state index is 6.18. The van der Waals surface area contributed by atoms with Crippen molar-refractivity contribution in [1.82, 2.24) is 4.90 Å². The summed E-state index contributed by atoms with van der Waals surface area (Å²) in [5, 5.41) is 0. The van der Waals surface area contributed by atoms with Gasteiger partial charge in [-0.3, -0.25) is 0 Å². The van der Waals surface area contributed by atoms with Gasteiger partial charge in [-0.1, -0.05) is 0 Å². The fourth-order valence-corrected chi connectivity index (χ4v) is 2.30. The molecule has 3 nitrogen and oxygen atoms in total. The Balaban J connectivity index is 2.63. The highest BCUT2D eigenvalue weighted by atomic mass is 16.5. The monoisotopic (exact) mass is 200 g/mol. The maximum Gasteiger partial charge on any atom is 0.0839 e. The fraction of sp³-hybridized carbons (Fsp3) is 1.00. The Morgan fingerprint density at radius 2 is 2.07 bits per heavy atom. The second kappa shape index (κ2) is 4.17. The van der Waals surface area contributed by atoms with E-state index in [1.807, 2.05) is 0 Å². The van der Waals surface area contributed by atoms with Crippen LogP contribution in [0.25, 0.3) is 0 Å². The van der Waals surface area contributed by atoms with Crippen molar-refractivity contribution in [3.05, 3.63) is 0 Å². The predicted octanol–water partition coefficient (Wildman–Crippen LogP) is 1.22. The fourth-order valence-electron chi connectivity index (χ4n) is 2.30. The quantitative estimate of drug-likeness (QED) is 0.744. The molecular formula is C11H24N2O. The number of nitrogens with zero attached hydrogens (tertiary/aromatic N) is 1. The van der Waals surface area contributed by atoms with Gasteiger partial charge in [0.15, 0.2) is 0 Å². The molecule has 14 heavy (non-hydrogen) atoms. The first-order valence-corrected chi connectivity index (χ1v) is 5.46. The molecule has 0 amide bonds. The third kappa shape index (κ3) is 3.23. The summed E-state index contributed by atoms with van der Waals surface area (Å²) in [6.45, 7) is 9.19. The van der Waals surface area contributed by atoms with E-state index in [2.05, 4.69) is 32.7 Å². The number of nitrogens with two attached hydrogens (primary N) is 1. The number of likely N-dealkylation sites (tertiary alicyclic amines) is 1. The van der Waals surface area contributed by atoms with Gasteiger partial charge in [0.2, 0.25) is 0 Å². The van der Waals surface area contributed by atoms with Crippen LogP contribution in [0.3, 0.4) is 0 Å². The number of hydrogen-bond acceptors (Lipinski definition) is 3. The predicted molar refractivity (Wildman–Crippen MR) is 59.4 cm³/mol. The molecule has 2 N–H and O–H groups in total. The van der Waals surface area contributed by atoms with Gasteiger partial charge < -0.3 is 15.4 Å². The van der Waals surface area contributed by atoms with E-state index < -0.39 is 0 Å². The van der Waals surface area contributed by atoms with Crippen molar-refractivity contribution in [3.8, 4) is 0 Å². The number of ether oxygens (including phenoxy) is 1. The highest BCUT2D eigenvalue weighted by Crippen LogP contribution is 2.31. The second-order valence-corrected chi connectivity index (χ2v) is 5.42. The molecule has 0 aromatic rings. The molecule has 0 aromatic heterocycles. The van der Waals surface area contributed by atoms with Crippen molar-refractivity contribution in [2.45, 2.75) is 44.8 Å². The summed E-state index contributed by atoms with van der Waals surface area (Å²) in [6.07, 6.45) is 2.08. The molecule has 1 aliphatic rings. The zero-order chi connectivity index (χ0) is 10.8. The van der Waals surface area contributed by atoms with E-state index in [9.17, 15) is 0 Å². The summed E-state index contributed by atoms with van der Waals surface area (Å²) in [5.74, 6) is 0. The van der Waals surface area contributed by atoms with Crippen molar-refractivity contribution < 1.29 is 4.74 Å². The van der Waals surface area contributed by atoms with Crippen molar-refractivity contribution in [1.29, 1.82) is 0 Å². The highest BCUT2D eigenvalue weighted by molar-refractivity contribution is 4.92. The van der Waals surface area contributed by atoms with Gasteiger partial charge >= 0.3 is 0 Å². The van der Waals surface area contributed by atoms with Crippen LogP contribution in [0.2, 0.25) is 0 Å². The van der Waals surface area contributed by atoms with Gasteiger partial charge in [-0.15, -0.1) is 0 Å². The van der Waals surface area contributed by atoms with Crippen molar-refractivity contribution in [3.63, 3.8) is 0 Å². The molecule has 0 aliphatic carbocycles. The Morgan fingerprint density at radius 3 is 2.43 bits per heavy atom. The SMILES string of the molecule is CN1CCC(CCN)(OC(C)(C)C)C1. The molecule has 1 unspecified atom stereocenters. The summed E-state index contributed by atoms with van der Waals surface area (Å²) >= 11 is 0. The molecule has 3 heteroatoms. The molecule has 0 bridgehead atoms. The molecule has 0 radical (unpaired) electrons. The van der Waals surface area contributed by atoms with Crippen molar-refractivity contribution in [2.24, 2.45) is 5.73 Å². The van der Waals surface area contributed by atoms with E-state index in [1.54, 1.807) is 0 Å². The lowest BCUT2D eigenvalue weighted by molar-refractivity contribution is -0.127. The van der Waals surface area contributed by atoms with Crippen LogP contribution >= 0.6 is 0 Å². The summed E-state index contributed by atoms with van der Waals surface area (Å²) < 4.78 is 6.18. The number of likely N-dealkylation sites (N-methyl/N-ethyl adjacent to an activating group) is 1. The molecule has 1 saturated heterocycles. The van der Waals surface area contributed by atoms with Gasteiger partial charge in [0.25, 0.3) is 0 Å². The zero-order valence-corrected chi connectivity index (χ0v) is 9.97. The van der Waals surface area contributed by atoms with Gasteiger partial charge in [0, 0.05) is 13.1 Å². The molecular weight excluding hydrogens is 176 g/mol. The van der Waals surface area contributed by atoms with Gasteiger partial charge in [0.1, 0.15) is 0 Å². The van der Waals surface area contributed by atoms with Crippen LogP contribution in [0.1, 0.15) is 33.6 Å². The van der Waals surface area contributed by atoms with Crippen molar-refractivity contribution >= 4 is 0 Å². The third-order valence-corrected chi connectivity index (χ3v) is 2.63. The third-order valence-electron chi connectivity index (χ3n) is 2.63. The van der Waals surface area contributed by atoms with E-state index in [1.165, 1.54) is 0 Å². The lowest BCUT2D eigenvalue weighted by Gasteiger charge is -2.36. The van der Waals surface area contributed by atoms with Gasteiger partial charge in [-0.2, -0.15) is 0 Å². The smallest absolute Gasteiger partial charge is 0.0839 e. The summed E-state index contributed by atoms with van der Waals surface area (Å²) in [6, 6.07) is 0. The number of rotatable bonds is 3. The van der Waals surface area contributed by atoms with Crippen LogP contribution in [0.4, 0.5) is 0 Å². The Kier molecular flexibility index (Phi) is 3.56. The minimum absolute atomic E-state index is 0.00174. The van der Waals surface area contributed by atoms with Crippen LogP contribution < -0.4 is 5.73 Å². The average molecular weight is 200 g/mol. The summed E-state index contributed by atoms with van der Waals surface area (Å²) in [4.78, 5) is 2.32. The topological polar surface area (TPSA) is 38.5 Å². The summed E-state index contributed by atoms with van der Waals surface area (Å²) in [7, 11) is 2.14. The summed E-state index contributed by atoms with van der Waals surface area (Å²) in [5.41, 5.74) is 5.59. The van der Waals surface area contributed by atoms with E-state index in [0.29, 0.717) is 6.54 Å². The Bertz CT molecular complexity index is 184. The molecule has 0 spiro atoms. The first-order chi connectivity index (χ1) is 6.37. The minimum Gasteiger partial charge on any atom is -0.368 e. The maximum atomic E-state index is 6.18. The van der Waals surface area contributed by atoms with Crippen molar-refractivity contribution in [2.75, 3.05) is 26.7 Å². The molecule has 1 rings (SSSR count). The van der Waals surface area contributed by atoms with Crippen LogP contribution in [0.5, 0.6) is 0 Å². The van der Waals surface area contributed by atoms with Gasteiger partial charge in [-0.05, 0) is 47.2 Å². The Labute approximate surface area is 87.6 Å². The molecule has 1 fully saturated rings. The highest BCUT2D eigenvalue weighted by Gasteiger charge is 2.39. The van der Waals surface area contributed by atoms with E-state index in [0.717, 1.165) is 25.9 Å². The largest absolute Gasteiger partial charge is 0.368 e. The second-order valence-electron chi connectivity index (χ2n) is 5.42. The standard InChI is InChI=1S/C11H24N2O/c1-10(2,3)14-11(5-7-12)6-8-13(4)9-11/h5-9,12H2,1-4H3. The molecule has 1 heterocycles. The Hall–Kier alpha value is -0.120. The van der Waals surface area contributed by atoms with Crippen LogP contribution in [0.15, 0.2) is 0 Å². The molecule has 1 aliphatic heterocycles. The van der Waals surface area contributed by atoms with Gasteiger partial charge in [0.05, 0.1) is 11.2 Å². The lowest BCUT2D eigenvalue weighted by Crippen LogP contribution is -2.43. The number of hydrogen-bond donors (Lipinski definition) is 1. The van der Waals surface area contributed by atoms with Gasteiger partial charge in [-0.25, -0.2) is 0 Å². The average Bonchev–Trinajstić information content (AvgIpc) is 2.28. The molecule has 0 aromatic carbocycles. The van der Waals surface area contributed by atoms with E-state index >= 15 is 0 Å². The van der Waals surface area contributed by atoms with Crippen LogP contribution in [-0.2, 0) is 4.74 Å². The zero-order valence-electron chi connectivity index (χ0n) is 9.97. The molecule has 1 atom stereocenters. The minimum atomic E-state index is -0.0691. The first kappa shape index (κ1) is 12.0. The van der Waals surface area contributed by atoms with E-state index in [-0.39, 0.29) is 11.2 Å². The first-order valence-electron chi connectivity index (χ1n) is 5.46. The molecule has 0 saturated carbocycles. The normalized spacial score (nSPS) is 29.8. The lowest BCUT2D eigenvalue weighted by atomic mass is 9.97. The van der Waals surface area contributed by atoms with Crippen LogP contribution in [-0.4, -0.2) is 42.8 Å². The van der Waals surface area contributed by atoms with Crippen LogP contribution in [0, 0.1) is 0 Å². The Morgan fingerprint density at radius 1 is 1.43 bits per heavy atom. The molecule has 84 valence electrons.